The van der Waals surface area contributed by atoms with Crippen LogP contribution in [0.2, 0.25) is 0 Å². The molecular formula is C21H21N5O. The highest BCUT2D eigenvalue weighted by Crippen LogP contribution is 2.53. The van der Waals surface area contributed by atoms with Gasteiger partial charge in [-0.1, -0.05) is 31.2 Å². The molecule has 2 N–H and O–H groups in total. The van der Waals surface area contributed by atoms with Gasteiger partial charge in [0, 0.05) is 30.5 Å². The third kappa shape index (κ3) is 2.65. The molecule has 136 valence electrons. The lowest BCUT2D eigenvalue weighted by Crippen LogP contribution is -2.47. The molecule has 0 saturated carbocycles. The normalized spacial score (nSPS) is 24.0. The minimum atomic E-state index is -1.59. The van der Waals surface area contributed by atoms with Crippen molar-refractivity contribution in [2.75, 3.05) is 26.7 Å². The summed E-state index contributed by atoms with van der Waals surface area (Å²) in [7, 11) is 1.59. The van der Waals surface area contributed by atoms with Gasteiger partial charge in [-0.2, -0.15) is 15.8 Å². The number of methoxy groups -OCH3 is 1. The number of hydrogen-bond acceptors (Lipinski definition) is 6. The van der Waals surface area contributed by atoms with E-state index in [1.807, 2.05) is 30.3 Å². The predicted molar refractivity (Wildman–Crippen MR) is 99.9 cm³/mol. The molecule has 0 bridgehead atoms. The first-order chi connectivity index (χ1) is 13.1. The minimum absolute atomic E-state index is 0.0401. The number of para-hydroxylation sites is 1. The van der Waals surface area contributed by atoms with Gasteiger partial charge in [-0.15, -0.1) is 0 Å². The molecule has 2 aliphatic rings. The number of rotatable bonds is 3. The van der Waals surface area contributed by atoms with Gasteiger partial charge in [-0.25, -0.2) is 0 Å². The van der Waals surface area contributed by atoms with Gasteiger partial charge in [0.15, 0.2) is 0 Å². The lowest BCUT2D eigenvalue weighted by Gasteiger charge is -2.45. The van der Waals surface area contributed by atoms with Crippen molar-refractivity contribution < 1.29 is 4.74 Å². The van der Waals surface area contributed by atoms with E-state index in [1.165, 1.54) is 0 Å². The summed E-state index contributed by atoms with van der Waals surface area (Å²) < 4.78 is 5.53. The highest BCUT2D eigenvalue weighted by atomic mass is 16.5. The van der Waals surface area contributed by atoms with Crippen molar-refractivity contribution in [2.24, 2.45) is 17.1 Å². The molecule has 1 aliphatic heterocycles. The second-order valence-corrected chi connectivity index (χ2v) is 6.75. The molecule has 0 amide bonds. The average Bonchev–Trinajstić information content (AvgIpc) is 2.73. The fourth-order valence-electron chi connectivity index (χ4n) is 4.23. The Balaban J connectivity index is 2.33. The van der Waals surface area contributed by atoms with Gasteiger partial charge >= 0.3 is 0 Å². The Bertz CT molecular complexity index is 927. The summed E-state index contributed by atoms with van der Waals surface area (Å²) in [5.41, 5.74) is 6.58. The van der Waals surface area contributed by atoms with Crippen LogP contribution in [0.1, 0.15) is 18.4 Å². The van der Waals surface area contributed by atoms with E-state index in [2.05, 4.69) is 30.0 Å². The number of nitriles is 3. The van der Waals surface area contributed by atoms with E-state index < -0.39 is 5.41 Å². The Labute approximate surface area is 159 Å². The lowest BCUT2D eigenvalue weighted by atomic mass is 9.60. The quantitative estimate of drug-likeness (QED) is 0.830. The number of nitrogens with two attached hydrogens (primary N) is 1. The summed E-state index contributed by atoms with van der Waals surface area (Å²) in [4.78, 5) is 2.23. The van der Waals surface area contributed by atoms with Crippen LogP contribution < -0.4 is 10.5 Å². The van der Waals surface area contributed by atoms with Gasteiger partial charge in [0.05, 0.1) is 36.6 Å². The number of nitrogens with zero attached hydrogens (tertiary/aromatic N) is 4. The van der Waals surface area contributed by atoms with Gasteiger partial charge in [0.2, 0.25) is 5.41 Å². The second kappa shape index (κ2) is 7.16. The van der Waals surface area contributed by atoms with Crippen LogP contribution in [-0.2, 0) is 0 Å². The molecule has 6 heteroatoms. The average molecular weight is 359 g/mol. The maximum Gasteiger partial charge on any atom is 0.204 e. The fourth-order valence-corrected chi connectivity index (χ4v) is 4.23. The molecule has 0 radical (unpaired) electrons. The molecule has 0 aromatic heterocycles. The van der Waals surface area contributed by atoms with Crippen molar-refractivity contribution in [1.82, 2.24) is 4.90 Å². The molecule has 1 aromatic rings. The van der Waals surface area contributed by atoms with Crippen molar-refractivity contribution in [3.8, 4) is 24.0 Å². The summed E-state index contributed by atoms with van der Waals surface area (Å²) in [5.74, 6) is 0.107. The standard InChI is InChI=1S/C21H21N5O/c1-3-26-9-8-17-16(11-26)19(14-6-4-5-7-18(14)27-2)15(10-22)20(25)21(17,12-23)13-24/h4-8,16,19H,3,9,11,25H2,1-2H3/t16-,19-/m1/s1. The third-order valence-corrected chi connectivity index (χ3v) is 5.64. The number of allylic oxidation sites excluding steroid dienone is 2. The Hall–Kier alpha value is -3.27. The van der Waals surface area contributed by atoms with E-state index in [0.717, 1.165) is 12.1 Å². The number of benzene rings is 1. The molecule has 27 heavy (non-hydrogen) atoms. The van der Waals surface area contributed by atoms with E-state index in [1.54, 1.807) is 7.11 Å². The zero-order valence-electron chi connectivity index (χ0n) is 15.4. The summed E-state index contributed by atoms with van der Waals surface area (Å²) in [6.07, 6.45) is 1.94. The molecule has 1 heterocycles. The highest BCUT2D eigenvalue weighted by molar-refractivity contribution is 5.60. The fraction of sp³-hybridized carbons (Fsp3) is 0.381. The first-order valence-electron chi connectivity index (χ1n) is 8.86. The lowest BCUT2D eigenvalue weighted by molar-refractivity contribution is 0.233. The largest absolute Gasteiger partial charge is 0.496 e. The number of hydrogen-bond donors (Lipinski definition) is 1. The van der Waals surface area contributed by atoms with Crippen LogP contribution >= 0.6 is 0 Å². The van der Waals surface area contributed by atoms with Crippen LogP contribution in [0.15, 0.2) is 47.2 Å². The maximum atomic E-state index is 9.91. The van der Waals surface area contributed by atoms with Crippen LogP contribution in [0, 0.1) is 45.3 Å². The topological polar surface area (TPSA) is 110 Å². The van der Waals surface area contributed by atoms with Crippen molar-refractivity contribution in [2.45, 2.75) is 12.8 Å². The van der Waals surface area contributed by atoms with Gasteiger partial charge in [-0.3, -0.25) is 4.90 Å². The molecule has 1 aliphatic carbocycles. The zero-order valence-corrected chi connectivity index (χ0v) is 15.4. The van der Waals surface area contributed by atoms with Gasteiger partial charge in [-0.05, 0) is 18.2 Å². The zero-order chi connectivity index (χ0) is 19.6. The monoisotopic (exact) mass is 359 g/mol. The van der Waals surface area contributed by atoms with Crippen LogP contribution in [-0.4, -0.2) is 31.6 Å². The van der Waals surface area contributed by atoms with E-state index in [-0.39, 0.29) is 23.1 Å². The van der Waals surface area contributed by atoms with E-state index in [9.17, 15) is 15.8 Å². The summed E-state index contributed by atoms with van der Waals surface area (Å²) in [6.45, 7) is 4.21. The van der Waals surface area contributed by atoms with E-state index in [0.29, 0.717) is 24.4 Å². The van der Waals surface area contributed by atoms with Crippen LogP contribution in [0.5, 0.6) is 5.75 Å². The number of ether oxygens (including phenoxy) is 1. The van der Waals surface area contributed by atoms with Crippen molar-refractivity contribution in [1.29, 1.82) is 15.8 Å². The SMILES string of the molecule is CCN1CC=C2[C@@H](C1)[C@H](c1ccccc1OC)C(C#N)=C(N)C2(C#N)C#N. The molecular weight excluding hydrogens is 338 g/mol. The molecule has 2 atom stereocenters. The van der Waals surface area contributed by atoms with Crippen LogP contribution in [0.4, 0.5) is 0 Å². The Morgan fingerprint density at radius 2 is 1.96 bits per heavy atom. The highest BCUT2D eigenvalue weighted by Gasteiger charge is 2.52. The maximum absolute atomic E-state index is 9.91. The van der Waals surface area contributed by atoms with Crippen molar-refractivity contribution in [3.63, 3.8) is 0 Å². The van der Waals surface area contributed by atoms with Crippen molar-refractivity contribution >= 4 is 0 Å². The Morgan fingerprint density at radius 1 is 1.26 bits per heavy atom. The molecule has 1 aromatic carbocycles. The Morgan fingerprint density at radius 3 is 2.56 bits per heavy atom. The van der Waals surface area contributed by atoms with Crippen LogP contribution in [0.3, 0.4) is 0 Å². The van der Waals surface area contributed by atoms with E-state index >= 15 is 0 Å². The molecule has 3 rings (SSSR count). The van der Waals surface area contributed by atoms with Crippen LogP contribution in [0.25, 0.3) is 0 Å². The van der Waals surface area contributed by atoms with Gasteiger partial charge in [0.25, 0.3) is 0 Å². The first-order valence-corrected chi connectivity index (χ1v) is 8.86. The van der Waals surface area contributed by atoms with E-state index in [4.69, 9.17) is 10.5 Å². The van der Waals surface area contributed by atoms with Crippen molar-refractivity contribution in [3.05, 3.63) is 52.7 Å². The second-order valence-electron chi connectivity index (χ2n) is 6.75. The van der Waals surface area contributed by atoms with Gasteiger partial charge < -0.3 is 10.5 Å². The summed E-state index contributed by atoms with van der Waals surface area (Å²) in [6, 6.07) is 13.9. The molecule has 0 spiro atoms. The van der Waals surface area contributed by atoms with Gasteiger partial charge in [0.1, 0.15) is 5.75 Å². The number of fused-ring (bicyclic) bond motifs is 1. The first kappa shape index (κ1) is 18.5. The minimum Gasteiger partial charge on any atom is -0.496 e. The number of likely N-dealkylation sites (N-methyl/N-ethyl adjacent to an activating group) is 1. The summed E-state index contributed by atoms with van der Waals surface area (Å²) in [5, 5.41) is 29.7. The predicted octanol–water partition coefficient (Wildman–Crippen LogP) is 2.44. The molecule has 0 fully saturated rings. The smallest absolute Gasteiger partial charge is 0.204 e. The molecule has 0 saturated heterocycles. The molecule has 0 unspecified atom stereocenters. The third-order valence-electron chi connectivity index (χ3n) is 5.64. The molecule has 6 nitrogen and oxygen atoms in total. The Kier molecular flexibility index (Phi) is 4.91. The summed E-state index contributed by atoms with van der Waals surface area (Å²) >= 11 is 0.